The van der Waals surface area contributed by atoms with E-state index in [9.17, 15) is 5.11 Å². The summed E-state index contributed by atoms with van der Waals surface area (Å²) >= 11 is 0. The molecule has 0 radical (unpaired) electrons. The molecule has 1 aliphatic carbocycles. The zero-order valence-electron chi connectivity index (χ0n) is 9.92. The van der Waals surface area contributed by atoms with Crippen LogP contribution in [0.4, 0.5) is 0 Å². The Morgan fingerprint density at radius 3 is 2.29 bits per heavy atom. The summed E-state index contributed by atoms with van der Waals surface area (Å²) in [6, 6.07) is 0. The molecule has 1 N–H and O–H groups in total. The van der Waals surface area contributed by atoms with Crippen molar-refractivity contribution in [3.63, 3.8) is 0 Å². The minimum atomic E-state index is -0.147. The summed E-state index contributed by atoms with van der Waals surface area (Å²) in [7, 11) is 0. The van der Waals surface area contributed by atoms with E-state index < -0.39 is 0 Å². The van der Waals surface area contributed by atoms with Crippen molar-refractivity contribution in [2.45, 2.75) is 71.7 Å². The fourth-order valence-corrected chi connectivity index (χ4v) is 2.47. The Hall–Kier alpha value is -0.0800. The quantitative estimate of drug-likeness (QED) is 0.739. The third-order valence-electron chi connectivity index (χ3n) is 4.03. The molecule has 1 rings (SSSR count). The molecule has 2 nitrogen and oxygen atoms in total. The molecule has 0 aromatic heterocycles. The summed E-state index contributed by atoms with van der Waals surface area (Å²) in [5.41, 5.74) is 0.0451. The van der Waals surface area contributed by atoms with E-state index in [4.69, 9.17) is 4.74 Å². The Morgan fingerprint density at radius 2 is 1.93 bits per heavy atom. The number of ether oxygens (including phenoxy) is 1. The van der Waals surface area contributed by atoms with Crippen molar-refractivity contribution in [1.29, 1.82) is 0 Å². The summed E-state index contributed by atoms with van der Waals surface area (Å²) in [6.07, 6.45) is 4.37. The SMILES string of the molecule is CCC(C)OC1CC(O)C1(CC)CC. The highest BCUT2D eigenvalue weighted by molar-refractivity contribution is 5.02. The molecule has 3 unspecified atom stereocenters. The third-order valence-corrected chi connectivity index (χ3v) is 4.03. The predicted octanol–water partition coefficient (Wildman–Crippen LogP) is 2.74. The van der Waals surface area contributed by atoms with E-state index in [1.807, 2.05) is 0 Å². The van der Waals surface area contributed by atoms with Crippen LogP contribution in [0.15, 0.2) is 0 Å². The minimum Gasteiger partial charge on any atom is -0.392 e. The molecule has 0 aromatic carbocycles. The van der Waals surface area contributed by atoms with Crippen LogP contribution >= 0.6 is 0 Å². The molecule has 0 saturated heterocycles. The molecule has 1 saturated carbocycles. The summed E-state index contributed by atoms with van der Waals surface area (Å²) in [5, 5.41) is 9.83. The van der Waals surface area contributed by atoms with Gasteiger partial charge in [-0.1, -0.05) is 20.8 Å². The Morgan fingerprint density at radius 1 is 1.36 bits per heavy atom. The zero-order chi connectivity index (χ0) is 10.8. The van der Waals surface area contributed by atoms with E-state index in [-0.39, 0.29) is 17.6 Å². The molecule has 3 atom stereocenters. The lowest BCUT2D eigenvalue weighted by Crippen LogP contribution is -2.58. The zero-order valence-corrected chi connectivity index (χ0v) is 9.92. The van der Waals surface area contributed by atoms with Gasteiger partial charge in [0.05, 0.1) is 18.3 Å². The predicted molar refractivity (Wildman–Crippen MR) is 58.3 cm³/mol. The molecule has 0 spiro atoms. The van der Waals surface area contributed by atoms with Crippen molar-refractivity contribution >= 4 is 0 Å². The van der Waals surface area contributed by atoms with Gasteiger partial charge in [-0.15, -0.1) is 0 Å². The lowest BCUT2D eigenvalue weighted by molar-refractivity contribution is -0.211. The lowest BCUT2D eigenvalue weighted by Gasteiger charge is -2.53. The fraction of sp³-hybridized carbons (Fsp3) is 1.00. The van der Waals surface area contributed by atoms with E-state index in [1.54, 1.807) is 0 Å². The molecule has 1 aliphatic rings. The van der Waals surface area contributed by atoms with Gasteiger partial charge in [0, 0.05) is 11.8 Å². The van der Waals surface area contributed by atoms with Crippen molar-refractivity contribution < 1.29 is 9.84 Å². The largest absolute Gasteiger partial charge is 0.392 e. The van der Waals surface area contributed by atoms with Crippen LogP contribution in [-0.2, 0) is 4.74 Å². The number of hydrogen-bond donors (Lipinski definition) is 1. The van der Waals surface area contributed by atoms with Crippen LogP contribution < -0.4 is 0 Å². The average Bonchev–Trinajstić information content (AvgIpc) is 2.19. The Labute approximate surface area is 87.7 Å². The number of aliphatic hydroxyl groups excluding tert-OH is 1. The van der Waals surface area contributed by atoms with E-state index in [2.05, 4.69) is 27.7 Å². The first-order valence-electron chi connectivity index (χ1n) is 5.94. The molecule has 0 heterocycles. The molecule has 2 heteroatoms. The van der Waals surface area contributed by atoms with Crippen LogP contribution in [0.5, 0.6) is 0 Å². The van der Waals surface area contributed by atoms with Crippen molar-refractivity contribution in [2.24, 2.45) is 5.41 Å². The molecule has 0 aromatic rings. The highest BCUT2D eigenvalue weighted by atomic mass is 16.5. The monoisotopic (exact) mass is 200 g/mol. The van der Waals surface area contributed by atoms with Crippen LogP contribution in [0.3, 0.4) is 0 Å². The molecule has 0 amide bonds. The maximum atomic E-state index is 9.83. The van der Waals surface area contributed by atoms with Gasteiger partial charge < -0.3 is 9.84 Å². The molecule has 84 valence electrons. The Kier molecular flexibility index (Phi) is 3.96. The fourth-order valence-electron chi connectivity index (χ4n) is 2.47. The number of hydrogen-bond acceptors (Lipinski definition) is 2. The Balaban J connectivity index is 2.55. The minimum absolute atomic E-state index is 0.0451. The number of rotatable bonds is 5. The molecule has 0 bridgehead atoms. The van der Waals surface area contributed by atoms with E-state index in [0.29, 0.717) is 6.10 Å². The van der Waals surface area contributed by atoms with E-state index in [1.165, 1.54) is 0 Å². The molecule has 14 heavy (non-hydrogen) atoms. The highest BCUT2D eigenvalue weighted by Crippen LogP contribution is 2.49. The van der Waals surface area contributed by atoms with Gasteiger partial charge in [0.15, 0.2) is 0 Å². The van der Waals surface area contributed by atoms with Gasteiger partial charge in [0.1, 0.15) is 0 Å². The summed E-state index contributed by atoms with van der Waals surface area (Å²) in [5.74, 6) is 0. The molecular weight excluding hydrogens is 176 g/mol. The van der Waals surface area contributed by atoms with Crippen LogP contribution in [0.2, 0.25) is 0 Å². The van der Waals surface area contributed by atoms with Gasteiger partial charge in [-0.3, -0.25) is 0 Å². The second-order valence-electron chi connectivity index (χ2n) is 4.54. The smallest absolute Gasteiger partial charge is 0.0684 e. The third kappa shape index (κ3) is 1.82. The molecule has 0 aliphatic heterocycles. The highest BCUT2D eigenvalue weighted by Gasteiger charge is 2.53. The van der Waals surface area contributed by atoms with Gasteiger partial charge in [0.2, 0.25) is 0 Å². The standard InChI is InChI=1S/C12H24O2/c1-5-9(4)14-11-8-10(13)12(11,6-2)7-3/h9-11,13H,5-8H2,1-4H3. The summed E-state index contributed by atoms with van der Waals surface area (Å²) in [4.78, 5) is 0. The number of aliphatic hydroxyl groups is 1. The first kappa shape index (κ1) is 12.0. The van der Waals surface area contributed by atoms with Crippen LogP contribution in [0, 0.1) is 5.41 Å². The van der Waals surface area contributed by atoms with Gasteiger partial charge in [-0.25, -0.2) is 0 Å². The van der Waals surface area contributed by atoms with Gasteiger partial charge >= 0.3 is 0 Å². The van der Waals surface area contributed by atoms with Gasteiger partial charge in [-0.2, -0.15) is 0 Å². The Bertz CT molecular complexity index is 175. The topological polar surface area (TPSA) is 29.5 Å². The maximum absolute atomic E-state index is 9.83. The maximum Gasteiger partial charge on any atom is 0.0684 e. The molecular formula is C12H24O2. The van der Waals surface area contributed by atoms with Crippen LogP contribution in [-0.4, -0.2) is 23.4 Å². The first-order chi connectivity index (χ1) is 6.60. The second-order valence-corrected chi connectivity index (χ2v) is 4.54. The van der Waals surface area contributed by atoms with Crippen LogP contribution in [0.1, 0.15) is 53.4 Å². The summed E-state index contributed by atoms with van der Waals surface area (Å²) < 4.78 is 5.94. The summed E-state index contributed by atoms with van der Waals surface area (Å²) in [6.45, 7) is 8.55. The van der Waals surface area contributed by atoms with Crippen molar-refractivity contribution in [2.75, 3.05) is 0 Å². The van der Waals surface area contributed by atoms with Crippen molar-refractivity contribution in [1.82, 2.24) is 0 Å². The lowest BCUT2D eigenvalue weighted by atomic mass is 9.60. The van der Waals surface area contributed by atoms with E-state index >= 15 is 0 Å². The van der Waals surface area contributed by atoms with Gasteiger partial charge in [-0.05, 0) is 26.2 Å². The van der Waals surface area contributed by atoms with Gasteiger partial charge in [0.25, 0.3) is 0 Å². The second kappa shape index (κ2) is 4.63. The van der Waals surface area contributed by atoms with Crippen LogP contribution in [0.25, 0.3) is 0 Å². The normalized spacial score (nSPS) is 32.4. The van der Waals surface area contributed by atoms with Crippen molar-refractivity contribution in [3.05, 3.63) is 0 Å². The van der Waals surface area contributed by atoms with E-state index in [0.717, 1.165) is 25.7 Å². The first-order valence-corrected chi connectivity index (χ1v) is 5.94. The van der Waals surface area contributed by atoms with Crippen molar-refractivity contribution in [3.8, 4) is 0 Å². The average molecular weight is 200 g/mol. The molecule has 1 fully saturated rings.